The summed E-state index contributed by atoms with van der Waals surface area (Å²) in [4.78, 5) is 0. The fourth-order valence-corrected chi connectivity index (χ4v) is 1.53. The highest BCUT2D eigenvalue weighted by Gasteiger charge is 2.41. The average molecular weight is 245 g/mol. The molecule has 0 fully saturated rings. The predicted octanol–water partition coefficient (Wildman–Crippen LogP) is 3.45. The van der Waals surface area contributed by atoms with Crippen LogP contribution in [0.3, 0.4) is 0 Å². The molecule has 7 heteroatoms. The Hall–Kier alpha value is -0.780. The molecule has 0 aliphatic rings. The maximum atomic E-state index is 13.0. The van der Waals surface area contributed by atoms with E-state index >= 15 is 0 Å². The smallest absolute Gasteiger partial charge is 0.245 e. The summed E-state index contributed by atoms with van der Waals surface area (Å²) in [5.41, 5.74) is -2.32. The first kappa shape index (κ1) is 12.3. The second-order valence-electron chi connectivity index (χ2n) is 4.04. The van der Waals surface area contributed by atoms with Gasteiger partial charge in [-0.3, -0.25) is 0 Å². The summed E-state index contributed by atoms with van der Waals surface area (Å²) in [5.74, 6) is -1.59. The second kappa shape index (κ2) is 3.37. The molecular formula is C8H9ClF4N2. The van der Waals surface area contributed by atoms with E-state index in [2.05, 4.69) is 5.10 Å². The maximum Gasteiger partial charge on any atom is 0.423 e. The van der Waals surface area contributed by atoms with Gasteiger partial charge in [-0.05, 0) is 20.8 Å². The van der Waals surface area contributed by atoms with E-state index in [1.807, 2.05) is 0 Å². The molecule has 0 aliphatic heterocycles. The Bertz CT molecular complexity index is 375. The third-order valence-electron chi connectivity index (χ3n) is 1.71. The van der Waals surface area contributed by atoms with Gasteiger partial charge in [0, 0.05) is 0 Å². The van der Waals surface area contributed by atoms with E-state index in [0.717, 1.165) is 4.68 Å². The molecule has 1 rings (SSSR count). The monoisotopic (exact) mass is 244 g/mol. The van der Waals surface area contributed by atoms with Gasteiger partial charge in [0.15, 0.2) is 0 Å². The van der Waals surface area contributed by atoms with Gasteiger partial charge < -0.3 is 0 Å². The van der Waals surface area contributed by atoms with Crippen LogP contribution < -0.4 is 0 Å². The van der Waals surface area contributed by atoms with Crippen molar-refractivity contribution in [2.24, 2.45) is 0 Å². The number of alkyl halides is 3. The largest absolute Gasteiger partial charge is 0.423 e. The SMILES string of the molecule is CC(C)(C)n1nc(F)c(C(F)(F)F)c1Cl. The van der Waals surface area contributed by atoms with Crippen molar-refractivity contribution in [3.63, 3.8) is 0 Å². The molecule has 1 aromatic rings. The molecule has 0 atom stereocenters. The molecule has 0 unspecified atom stereocenters. The van der Waals surface area contributed by atoms with E-state index in [1.165, 1.54) is 0 Å². The third kappa shape index (κ3) is 2.25. The third-order valence-corrected chi connectivity index (χ3v) is 2.05. The van der Waals surface area contributed by atoms with Gasteiger partial charge >= 0.3 is 6.18 Å². The lowest BCUT2D eigenvalue weighted by Crippen LogP contribution is -2.23. The molecule has 1 aromatic heterocycles. The van der Waals surface area contributed by atoms with Crippen molar-refractivity contribution in [1.29, 1.82) is 0 Å². The van der Waals surface area contributed by atoms with Crippen molar-refractivity contribution >= 4 is 11.6 Å². The van der Waals surface area contributed by atoms with Gasteiger partial charge in [0.1, 0.15) is 10.7 Å². The van der Waals surface area contributed by atoms with Gasteiger partial charge in [-0.1, -0.05) is 11.6 Å². The van der Waals surface area contributed by atoms with Gasteiger partial charge in [-0.25, -0.2) is 4.68 Å². The molecule has 0 saturated carbocycles. The molecule has 0 spiro atoms. The lowest BCUT2D eigenvalue weighted by molar-refractivity contribution is -0.139. The number of nitrogens with zero attached hydrogens (tertiary/aromatic N) is 2. The fourth-order valence-electron chi connectivity index (χ4n) is 1.05. The van der Waals surface area contributed by atoms with E-state index in [-0.39, 0.29) is 0 Å². The molecule has 0 aliphatic carbocycles. The minimum absolute atomic E-state index is 0.729. The van der Waals surface area contributed by atoms with E-state index in [1.54, 1.807) is 20.8 Å². The van der Waals surface area contributed by atoms with Crippen LogP contribution in [0.1, 0.15) is 26.3 Å². The zero-order valence-corrected chi connectivity index (χ0v) is 9.04. The minimum Gasteiger partial charge on any atom is -0.245 e. The van der Waals surface area contributed by atoms with Crippen LogP contribution in [0, 0.1) is 5.95 Å². The van der Waals surface area contributed by atoms with Crippen LogP contribution in [0.4, 0.5) is 17.6 Å². The zero-order chi connectivity index (χ0) is 12.0. The quantitative estimate of drug-likeness (QED) is 0.639. The molecule has 0 N–H and O–H groups in total. The van der Waals surface area contributed by atoms with Crippen LogP contribution in [0.15, 0.2) is 0 Å². The van der Waals surface area contributed by atoms with Crippen molar-refractivity contribution in [2.45, 2.75) is 32.5 Å². The molecule has 0 bridgehead atoms. The van der Waals surface area contributed by atoms with Crippen LogP contribution in [0.25, 0.3) is 0 Å². The first-order valence-electron chi connectivity index (χ1n) is 4.07. The highest BCUT2D eigenvalue weighted by molar-refractivity contribution is 6.30. The van der Waals surface area contributed by atoms with E-state index in [0.29, 0.717) is 0 Å². The van der Waals surface area contributed by atoms with Crippen LogP contribution in [-0.4, -0.2) is 9.78 Å². The van der Waals surface area contributed by atoms with E-state index < -0.39 is 28.4 Å². The maximum absolute atomic E-state index is 13.0. The Balaban J connectivity index is 3.41. The molecule has 0 saturated heterocycles. The molecule has 15 heavy (non-hydrogen) atoms. The zero-order valence-electron chi connectivity index (χ0n) is 8.28. The normalized spacial score (nSPS) is 13.3. The molecule has 2 nitrogen and oxygen atoms in total. The second-order valence-corrected chi connectivity index (χ2v) is 4.40. The lowest BCUT2D eigenvalue weighted by Gasteiger charge is -2.20. The summed E-state index contributed by atoms with van der Waals surface area (Å²) >= 11 is 5.44. The first-order chi connectivity index (χ1) is 6.55. The number of halogens is 5. The highest BCUT2D eigenvalue weighted by atomic mass is 35.5. The summed E-state index contributed by atoms with van der Waals surface area (Å²) in [6, 6.07) is 0. The predicted molar refractivity (Wildman–Crippen MR) is 47.2 cm³/mol. The summed E-state index contributed by atoms with van der Waals surface area (Å²) in [6.07, 6.45) is -4.83. The average Bonchev–Trinajstić information content (AvgIpc) is 2.22. The van der Waals surface area contributed by atoms with E-state index in [4.69, 9.17) is 11.6 Å². The Morgan fingerprint density at radius 2 is 1.67 bits per heavy atom. The number of rotatable bonds is 0. The van der Waals surface area contributed by atoms with Crippen molar-refractivity contribution in [2.75, 3.05) is 0 Å². The van der Waals surface area contributed by atoms with Gasteiger partial charge in [0.25, 0.3) is 0 Å². The molecule has 1 heterocycles. The molecular weight excluding hydrogens is 236 g/mol. The molecule has 86 valence electrons. The van der Waals surface area contributed by atoms with Crippen molar-refractivity contribution in [1.82, 2.24) is 9.78 Å². The summed E-state index contributed by atoms with van der Waals surface area (Å²) in [5, 5.41) is 2.42. The standard InChI is InChI=1S/C8H9ClF4N2/c1-7(2,3)15-5(9)4(6(10)14-15)8(11,12)13/h1-3H3. The molecule has 0 amide bonds. The van der Waals surface area contributed by atoms with Crippen LogP contribution in [0.2, 0.25) is 5.15 Å². The van der Waals surface area contributed by atoms with Gasteiger partial charge in [-0.2, -0.15) is 17.6 Å². The van der Waals surface area contributed by atoms with Crippen LogP contribution in [0.5, 0.6) is 0 Å². The summed E-state index contributed by atoms with van der Waals surface area (Å²) < 4.78 is 50.8. The van der Waals surface area contributed by atoms with Crippen LogP contribution in [-0.2, 0) is 11.7 Å². The Morgan fingerprint density at radius 1 is 1.20 bits per heavy atom. The van der Waals surface area contributed by atoms with Gasteiger partial charge in [-0.15, -0.1) is 5.10 Å². The molecule has 0 radical (unpaired) electrons. The Labute approximate surface area is 88.8 Å². The topological polar surface area (TPSA) is 17.8 Å². The first-order valence-corrected chi connectivity index (χ1v) is 4.44. The minimum atomic E-state index is -4.83. The van der Waals surface area contributed by atoms with Crippen molar-refractivity contribution in [3.8, 4) is 0 Å². The van der Waals surface area contributed by atoms with E-state index in [9.17, 15) is 17.6 Å². The molecule has 0 aromatic carbocycles. The van der Waals surface area contributed by atoms with Gasteiger partial charge in [0.2, 0.25) is 5.95 Å². The fraction of sp³-hybridized carbons (Fsp3) is 0.625. The van der Waals surface area contributed by atoms with Gasteiger partial charge in [0.05, 0.1) is 5.54 Å². The van der Waals surface area contributed by atoms with Crippen molar-refractivity contribution < 1.29 is 17.6 Å². The summed E-state index contributed by atoms with van der Waals surface area (Å²) in [7, 11) is 0. The highest BCUT2D eigenvalue weighted by Crippen LogP contribution is 2.38. The number of aromatic nitrogens is 2. The van der Waals surface area contributed by atoms with Crippen molar-refractivity contribution in [3.05, 3.63) is 16.7 Å². The Kier molecular flexibility index (Phi) is 2.76. The lowest BCUT2D eigenvalue weighted by atomic mass is 10.1. The number of hydrogen-bond donors (Lipinski definition) is 0. The van der Waals surface area contributed by atoms with Crippen LogP contribution >= 0.6 is 11.6 Å². The summed E-state index contributed by atoms with van der Waals surface area (Å²) in [6.45, 7) is 4.72. The number of hydrogen-bond acceptors (Lipinski definition) is 1. The Morgan fingerprint density at radius 3 is 1.87 bits per heavy atom.